The lowest BCUT2D eigenvalue weighted by molar-refractivity contribution is 0.0950. The number of hydrogen-bond donors (Lipinski definition) is 1. The van der Waals surface area contributed by atoms with E-state index in [1.807, 2.05) is 36.4 Å². The third kappa shape index (κ3) is 4.02. The minimum atomic E-state index is -0.263. The summed E-state index contributed by atoms with van der Waals surface area (Å²) in [6, 6.07) is 16.1. The molecule has 0 atom stereocenters. The molecule has 0 bridgehead atoms. The van der Waals surface area contributed by atoms with Crippen LogP contribution in [0.5, 0.6) is 0 Å². The van der Waals surface area contributed by atoms with Crippen molar-refractivity contribution < 1.29 is 9.18 Å². The van der Waals surface area contributed by atoms with Crippen molar-refractivity contribution in [3.63, 3.8) is 0 Å². The van der Waals surface area contributed by atoms with Crippen molar-refractivity contribution in [2.24, 2.45) is 0 Å². The van der Waals surface area contributed by atoms with Gasteiger partial charge in [-0.1, -0.05) is 42.5 Å². The van der Waals surface area contributed by atoms with Gasteiger partial charge in [0.2, 0.25) is 0 Å². The molecule has 0 aliphatic rings. The van der Waals surface area contributed by atoms with Crippen LogP contribution in [0.25, 0.3) is 10.6 Å². The molecule has 2 aromatic carbocycles. The maximum absolute atomic E-state index is 13.1. The third-order valence-corrected chi connectivity index (χ3v) is 4.24. The molecule has 0 saturated carbocycles. The number of hydrogen-bond acceptors (Lipinski definition) is 3. The number of carbonyl (C=O) groups is 1. The molecule has 1 heterocycles. The number of thiazole rings is 1. The molecule has 0 saturated heterocycles. The molecule has 5 heteroatoms. The molecule has 1 aromatic heterocycles. The second-order valence-electron chi connectivity index (χ2n) is 5.04. The molecule has 0 aliphatic carbocycles. The zero-order valence-electron chi connectivity index (χ0n) is 12.3. The van der Waals surface area contributed by atoms with Gasteiger partial charge in [0.05, 0.1) is 0 Å². The van der Waals surface area contributed by atoms with Gasteiger partial charge in [-0.05, 0) is 24.1 Å². The molecule has 23 heavy (non-hydrogen) atoms. The minimum absolute atomic E-state index is 0.208. The van der Waals surface area contributed by atoms with Crippen LogP contribution < -0.4 is 5.32 Å². The lowest BCUT2D eigenvalue weighted by Gasteiger charge is -2.03. The Morgan fingerprint density at radius 2 is 1.96 bits per heavy atom. The van der Waals surface area contributed by atoms with Crippen molar-refractivity contribution in [3.8, 4) is 10.6 Å². The fourth-order valence-corrected chi connectivity index (χ4v) is 3.00. The van der Waals surface area contributed by atoms with E-state index in [2.05, 4.69) is 10.3 Å². The van der Waals surface area contributed by atoms with Gasteiger partial charge < -0.3 is 5.32 Å². The summed E-state index contributed by atoms with van der Waals surface area (Å²) in [5, 5.41) is 5.38. The van der Waals surface area contributed by atoms with Crippen molar-refractivity contribution in [3.05, 3.63) is 77.1 Å². The number of aromatic nitrogens is 1. The summed E-state index contributed by atoms with van der Waals surface area (Å²) in [5.74, 6) is -0.472. The molecular formula is C18H15FN2OS. The number of benzene rings is 2. The first-order valence-electron chi connectivity index (χ1n) is 7.26. The molecule has 3 aromatic rings. The highest BCUT2D eigenvalue weighted by Crippen LogP contribution is 2.23. The van der Waals surface area contributed by atoms with Crippen LogP contribution in [0.3, 0.4) is 0 Å². The molecule has 0 aliphatic heterocycles. The Labute approximate surface area is 137 Å². The molecule has 0 unspecified atom stereocenters. The molecule has 1 amide bonds. The van der Waals surface area contributed by atoms with Crippen molar-refractivity contribution in [2.75, 3.05) is 6.54 Å². The number of nitrogens with one attached hydrogen (secondary N) is 1. The highest BCUT2D eigenvalue weighted by atomic mass is 32.1. The number of carbonyl (C=O) groups excluding carboxylic acids is 1. The largest absolute Gasteiger partial charge is 0.350 e. The van der Waals surface area contributed by atoms with Gasteiger partial charge in [0.25, 0.3) is 5.91 Å². The van der Waals surface area contributed by atoms with E-state index < -0.39 is 0 Å². The summed E-state index contributed by atoms with van der Waals surface area (Å²) < 4.78 is 13.1. The van der Waals surface area contributed by atoms with E-state index in [0.717, 1.165) is 16.1 Å². The van der Waals surface area contributed by atoms with Crippen LogP contribution in [0.2, 0.25) is 0 Å². The standard InChI is InChI=1S/C18H15FN2OS/c19-15-8-4-5-13(11-15)9-10-20-17(22)16-12-23-18(21-16)14-6-2-1-3-7-14/h1-8,11-12H,9-10H2,(H,20,22). The van der Waals surface area contributed by atoms with Gasteiger partial charge in [0.1, 0.15) is 16.5 Å². The van der Waals surface area contributed by atoms with Crippen molar-refractivity contribution in [1.82, 2.24) is 10.3 Å². The Morgan fingerprint density at radius 1 is 1.13 bits per heavy atom. The van der Waals surface area contributed by atoms with Crippen LogP contribution in [0.4, 0.5) is 4.39 Å². The number of nitrogens with zero attached hydrogens (tertiary/aromatic N) is 1. The van der Waals surface area contributed by atoms with Crippen molar-refractivity contribution >= 4 is 17.2 Å². The van der Waals surface area contributed by atoms with E-state index in [1.165, 1.54) is 23.5 Å². The molecule has 1 N–H and O–H groups in total. The SMILES string of the molecule is O=C(NCCc1cccc(F)c1)c1csc(-c2ccccc2)n1. The summed E-state index contributed by atoms with van der Waals surface area (Å²) in [7, 11) is 0. The van der Waals surface area contributed by atoms with Crippen LogP contribution in [0, 0.1) is 5.82 Å². The van der Waals surface area contributed by atoms with E-state index in [4.69, 9.17) is 0 Å². The van der Waals surface area contributed by atoms with Crippen molar-refractivity contribution in [2.45, 2.75) is 6.42 Å². The van der Waals surface area contributed by atoms with Crippen LogP contribution in [-0.2, 0) is 6.42 Å². The Morgan fingerprint density at radius 3 is 2.74 bits per heavy atom. The fourth-order valence-electron chi connectivity index (χ4n) is 2.19. The lowest BCUT2D eigenvalue weighted by atomic mass is 10.1. The van der Waals surface area contributed by atoms with Gasteiger partial charge in [-0.2, -0.15) is 0 Å². The fraction of sp³-hybridized carbons (Fsp3) is 0.111. The van der Waals surface area contributed by atoms with Crippen LogP contribution in [0.1, 0.15) is 16.1 Å². The first-order chi connectivity index (χ1) is 11.2. The zero-order chi connectivity index (χ0) is 16.1. The highest BCUT2D eigenvalue weighted by Gasteiger charge is 2.11. The molecule has 116 valence electrons. The number of amides is 1. The van der Waals surface area contributed by atoms with Crippen LogP contribution >= 0.6 is 11.3 Å². The summed E-state index contributed by atoms with van der Waals surface area (Å²) in [6.45, 7) is 0.445. The maximum atomic E-state index is 13.1. The molecule has 0 radical (unpaired) electrons. The first kappa shape index (κ1) is 15.4. The maximum Gasteiger partial charge on any atom is 0.270 e. The lowest BCUT2D eigenvalue weighted by Crippen LogP contribution is -2.25. The number of halogens is 1. The minimum Gasteiger partial charge on any atom is -0.350 e. The van der Waals surface area contributed by atoms with Crippen molar-refractivity contribution in [1.29, 1.82) is 0 Å². The van der Waals surface area contributed by atoms with Gasteiger partial charge in [-0.25, -0.2) is 9.37 Å². The molecule has 0 spiro atoms. The zero-order valence-corrected chi connectivity index (χ0v) is 13.1. The smallest absolute Gasteiger partial charge is 0.270 e. The monoisotopic (exact) mass is 326 g/mol. The van der Waals surface area contributed by atoms with Gasteiger partial charge >= 0.3 is 0 Å². The second-order valence-corrected chi connectivity index (χ2v) is 5.90. The summed E-state index contributed by atoms with van der Waals surface area (Å²) >= 11 is 1.44. The van der Waals surface area contributed by atoms with E-state index in [-0.39, 0.29) is 11.7 Å². The number of rotatable bonds is 5. The first-order valence-corrected chi connectivity index (χ1v) is 8.14. The van der Waals surface area contributed by atoms with Gasteiger partial charge in [0.15, 0.2) is 0 Å². The molecule has 0 fully saturated rings. The summed E-state index contributed by atoms with van der Waals surface area (Å²) in [5.41, 5.74) is 2.26. The topological polar surface area (TPSA) is 42.0 Å². The van der Waals surface area contributed by atoms with E-state index in [9.17, 15) is 9.18 Å². The van der Waals surface area contributed by atoms with Gasteiger partial charge in [-0.15, -0.1) is 11.3 Å². The average Bonchev–Trinajstić information content (AvgIpc) is 3.06. The van der Waals surface area contributed by atoms with E-state index in [0.29, 0.717) is 18.7 Å². The average molecular weight is 326 g/mol. The van der Waals surface area contributed by atoms with Gasteiger partial charge in [-0.3, -0.25) is 4.79 Å². The Kier molecular flexibility index (Phi) is 4.78. The van der Waals surface area contributed by atoms with E-state index >= 15 is 0 Å². The van der Waals surface area contributed by atoms with Gasteiger partial charge in [0, 0.05) is 17.5 Å². The Hall–Kier alpha value is -2.53. The summed E-state index contributed by atoms with van der Waals surface area (Å²) in [6.07, 6.45) is 0.583. The van der Waals surface area contributed by atoms with E-state index in [1.54, 1.807) is 11.4 Å². The predicted octanol–water partition coefficient (Wildman–Crippen LogP) is 3.92. The molecular weight excluding hydrogens is 311 g/mol. The molecule has 3 nitrogen and oxygen atoms in total. The Balaban J connectivity index is 1.58. The normalized spacial score (nSPS) is 10.5. The summed E-state index contributed by atoms with van der Waals surface area (Å²) in [4.78, 5) is 16.5. The second kappa shape index (κ2) is 7.15. The highest BCUT2D eigenvalue weighted by molar-refractivity contribution is 7.13. The van der Waals surface area contributed by atoms with Crippen LogP contribution in [0.15, 0.2) is 60.0 Å². The Bertz CT molecular complexity index is 802. The predicted molar refractivity (Wildman–Crippen MR) is 90.0 cm³/mol. The third-order valence-electron chi connectivity index (χ3n) is 3.35. The molecule has 3 rings (SSSR count). The quantitative estimate of drug-likeness (QED) is 0.772. The van der Waals surface area contributed by atoms with Crippen LogP contribution in [-0.4, -0.2) is 17.4 Å².